The van der Waals surface area contributed by atoms with Crippen LogP contribution >= 0.6 is 11.6 Å². The van der Waals surface area contributed by atoms with E-state index in [4.69, 9.17) is 44.8 Å². The molecule has 8 aromatic rings. The number of rotatable bonds is 21. The molecule has 8 aromatic carbocycles. The molecule has 17 nitrogen and oxygen atoms in total. The summed E-state index contributed by atoms with van der Waals surface area (Å²) in [6, 6.07) is 38.1. The maximum atomic E-state index is 14.4. The number of hydrogen-bond donors (Lipinski definition) is 1. The molecule has 0 aromatic heterocycles. The molecular formula is C81H87ClF7NO16. The fourth-order valence-electron chi connectivity index (χ4n) is 9.12. The van der Waals surface area contributed by atoms with Crippen LogP contribution in [0.4, 0.5) is 35.5 Å². The first-order valence-electron chi connectivity index (χ1n) is 33.0. The molecule has 0 aliphatic rings. The third-order valence-electron chi connectivity index (χ3n) is 15.0. The maximum Gasteiger partial charge on any atom is 0.408 e. The fourth-order valence-corrected chi connectivity index (χ4v) is 9.25. The van der Waals surface area contributed by atoms with Gasteiger partial charge in [-0.15, -0.1) is 0 Å². The quantitative estimate of drug-likeness (QED) is 0.0306. The van der Waals surface area contributed by atoms with Gasteiger partial charge in [-0.3, -0.25) is 14.4 Å². The van der Waals surface area contributed by atoms with Crippen molar-refractivity contribution in [3.05, 3.63) is 248 Å². The van der Waals surface area contributed by atoms with Crippen molar-refractivity contribution in [3.8, 4) is 34.1 Å². The summed E-state index contributed by atoms with van der Waals surface area (Å²) in [5.74, 6) is -6.89. The number of hydrogen-bond acceptors (Lipinski definition) is 16. The van der Waals surface area contributed by atoms with E-state index in [1.165, 1.54) is 110 Å². The highest BCUT2D eigenvalue weighted by atomic mass is 35.5. The van der Waals surface area contributed by atoms with Crippen LogP contribution in [0, 0.1) is 54.6 Å². The van der Waals surface area contributed by atoms with Gasteiger partial charge in [-0.2, -0.15) is 0 Å². The molecule has 25 heteroatoms. The van der Waals surface area contributed by atoms with Crippen molar-refractivity contribution in [3.63, 3.8) is 0 Å². The number of ether oxygens (including phenoxy) is 9. The van der Waals surface area contributed by atoms with E-state index in [2.05, 4.69) is 14.8 Å². The van der Waals surface area contributed by atoms with Gasteiger partial charge in [0, 0.05) is 34.2 Å². The van der Waals surface area contributed by atoms with Crippen LogP contribution in [0.25, 0.3) is 11.1 Å². The van der Waals surface area contributed by atoms with Crippen LogP contribution < -0.4 is 19.5 Å². The third kappa shape index (κ3) is 28.0. The molecule has 0 heterocycles. The van der Waals surface area contributed by atoms with Gasteiger partial charge >= 0.3 is 35.9 Å². The summed E-state index contributed by atoms with van der Waals surface area (Å²) in [6.45, 7) is 23.4. The van der Waals surface area contributed by atoms with Crippen molar-refractivity contribution >= 4 is 53.3 Å². The average molecular weight is 1490 g/mol. The molecule has 3 unspecified atom stereocenters. The van der Waals surface area contributed by atoms with Gasteiger partial charge in [-0.05, 0) is 246 Å². The second kappa shape index (κ2) is 40.5. The van der Waals surface area contributed by atoms with Gasteiger partial charge in [0.05, 0.1) is 45.9 Å². The fraction of sp³-hybridized carbons (Fsp3) is 0.321. The van der Waals surface area contributed by atoms with Gasteiger partial charge in [-0.1, -0.05) is 54.1 Å². The Morgan fingerprint density at radius 2 is 0.991 bits per heavy atom. The smallest absolute Gasteiger partial charge is 0.408 e. The molecule has 1 N–H and O–H groups in total. The number of benzene rings is 8. The molecule has 3 atom stereocenters. The minimum atomic E-state index is -1.37. The van der Waals surface area contributed by atoms with Gasteiger partial charge in [0.1, 0.15) is 52.2 Å². The van der Waals surface area contributed by atoms with Crippen LogP contribution in [0.1, 0.15) is 139 Å². The van der Waals surface area contributed by atoms with E-state index < -0.39 is 87.8 Å². The summed E-state index contributed by atoms with van der Waals surface area (Å²) in [7, 11) is 3.86. The molecule has 0 aliphatic heterocycles. The van der Waals surface area contributed by atoms with Crippen molar-refractivity contribution < 1.29 is 107 Å². The largest absolute Gasteiger partial charge is 0.473 e. The first-order chi connectivity index (χ1) is 49.6. The molecule has 0 bridgehead atoms. The zero-order valence-corrected chi connectivity index (χ0v) is 62.6. The maximum absolute atomic E-state index is 14.4. The number of amides is 1. The number of esters is 5. The molecule has 0 fully saturated rings. The lowest BCUT2D eigenvalue weighted by Gasteiger charge is -2.25. The molecule has 8 rings (SSSR count). The Bertz CT molecular complexity index is 4300. The molecule has 0 saturated carbocycles. The van der Waals surface area contributed by atoms with E-state index in [1.807, 2.05) is 13.0 Å². The van der Waals surface area contributed by atoms with Gasteiger partial charge in [0.15, 0.2) is 40.1 Å². The van der Waals surface area contributed by atoms with Crippen LogP contribution in [-0.2, 0) is 58.8 Å². The molecule has 106 heavy (non-hydrogen) atoms. The summed E-state index contributed by atoms with van der Waals surface area (Å²) in [5.41, 5.74) is 1.52. The highest BCUT2D eigenvalue weighted by Crippen LogP contribution is 2.31. The number of ketones is 1. The second-order valence-corrected chi connectivity index (χ2v) is 26.2. The van der Waals surface area contributed by atoms with Crippen LogP contribution in [0.15, 0.2) is 164 Å². The third-order valence-corrected chi connectivity index (χ3v) is 15.2. The first-order valence-corrected chi connectivity index (χ1v) is 33.4. The molecule has 0 radical (unpaired) electrons. The molecular weight excluding hydrogens is 1410 g/mol. The van der Waals surface area contributed by atoms with Gasteiger partial charge in [0.25, 0.3) is 0 Å². The lowest BCUT2D eigenvalue weighted by atomic mass is 9.97. The normalized spacial score (nSPS) is 11.8. The Kier molecular flexibility index (Phi) is 33.5. The Balaban J connectivity index is 0.000000282. The zero-order chi connectivity index (χ0) is 79.6. The Morgan fingerprint density at radius 1 is 0.491 bits per heavy atom. The van der Waals surface area contributed by atoms with Crippen molar-refractivity contribution in [2.24, 2.45) is 0 Å². The Hall–Kier alpha value is -10.8. The van der Waals surface area contributed by atoms with E-state index in [0.29, 0.717) is 50.4 Å². The predicted molar refractivity (Wildman–Crippen MR) is 385 cm³/mol. The van der Waals surface area contributed by atoms with Crippen molar-refractivity contribution in [1.82, 2.24) is 5.32 Å². The van der Waals surface area contributed by atoms with Gasteiger partial charge in [-0.25, -0.2) is 49.9 Å². The van der Waals surface area contributed by atoms with Crippen LogP contribution in [-0.4, -0.2) is 98.6 Å². The van der Waals surface area contributed by atoms with Crippen LogP contribution in [0.2, 0.25) is 5.02 Å². The number of nitrogens with one attached hydrogen (secondary N) is 1. The highest BCUT2D eigenvalue weighted by molar-refractivity contribution is 6.30. The number of carbonyl (C=O) groups is 7. The van der Waals surface area contributed by atoms with E-state index in [0.717, 1.165) is 34.9 Å². The topological polar surface area (TPSA) is 215 Å². The number of aryl methyl sites for hydroxylation is 2. The SMILES string of the molecule is CC(C)OC(=O)C(C)(C)Oc1ccc(C(=O)c2ccc(Cl)cc2)cc1[18F].CCOC(=O)C(C)(C)Oc1ccc([18F])cc1[18F].COC(=O)C(C)c1ccc(-c2ccc([18F])cc2)c(F)c1.COC(=O)C(C)c1cccc(Oc2ccc([18F])cc2)c1.COC(=O)C(Cc1cc(C)c(C)cc1[18F])NC(=O)OC(C)(C)C. The van der Waals surface area contributed by atoms with Crippen molar-refractivity contribution in [2.45, 2.75) is 144 Å². The average Bonchev–Trinajstić information content (AvgIpc) is 0.894. The van der Waals surface area contributed by atoms with Crippen molar-refractivity contribution in [1.29, 1.82) is 0 Å². The van der Waals surface area contributed by atoms with Crippen LogP contribution in [0.5, 0.6) is 23.0 Å². The number of halogens is 8. The van der Waals surface area contributed by atoms with E-state index >= 15 is 0 Å². The summed E-state index contributed by atoms with van der Waals surface area (Å²) in [5, 5.41) is 2.94. The Labute approximate surface area is 617 Å². The molecule has 568 valence electrons. The first kappa shape index (κ1) is 87.7. The molecule has 0 saturated heterocycles. The minimum Gasteiger partial charge on any atom is -0.473 e. The van der Waals surface area contributed by atoms with Gasteiger partial charge in [0.2, 0.25) is 0 Å². The molecule has 0 spiro atoms. The predicted octanol–water partition coefficient (Wildman–Crippen LogP) is 18.4. The standard InChI is InChI=1S/C20H20ClFO4.C17H24FNO4.C16H14F2O2.C16H15FO3.C12H14F2O3/c1-12(2)25-19(24)20(3,4)26-17-10-7-14(11-16(17)22)18(23)13-5-8-15(21)9-6-13;1-10-7-12(13(18)8-11(10)2)9-14(15(20)22-6)19-16(21)23-17(3,4)5;1-10(16(19)20-2)12-5-8-14(15(18)9-12)11-3-6-13(17)7-4-11;1-11(16(18)19-2)12-4-3-5-15(10-12)20-14-8-6-13(17)7-9-14;1-4-16-11(15)12(2,3)17-10-6-5-8(13)7-9(10)14/h5-12H,1-4H3;7-8,14H,9H2,1-6H3,(H,19,21);3-10H,1-2H3;3-11H,1-2H3;5-7H,4H2,1-3H3/i22-1;18-1;2*17-1;13-1,14-1. The Morgan fingerprint density at radius 3 is 1.50 bits per heavy atom. The molecule has 1 amide bonds. The summed E-state index contributed by atoms with van der Waals surface area (Å²) >= 11 is 5.80. The summed E-state index contributed by atoms with van der Waals surface area (Å²) in [4.78, 5) is 82.6. The van der Waals surface area contributed by atoms with E-state index in [9.17, 15) is 64.3 Å². The number of alkyl carbamates (subject to hydrolysis) is 1. The van der Waals surface area contributed by atoms with E-state index in [1.54, 1.807) is 135 Å². The number of methoxy groups -OCH3 is 3. The summed E-state index contributed by atoms with van der Waals surface area (Å²) < 4.78 is 140. The monoisotopic (exact) mass is 1490 g/mol. The second-order valence-electron chi connectivity index (χ2n) is 25.8. The highest BCUT2D eigenvalue weighted by Gasteiger charge is 2.35. The summed E-state index contributed by atoms with van der Waals surface area (Å²) in [6.07, 6.45) is -1.08. The number of carbonyl (C=O) groups excluding carboxylic acids is 7. The van der Waals surface area contributed by atoms with E-state index in [-0.39, 0.29) is 65.5 Å². The minimum absolute atomic E-state index is 0.0150. The zero-order valence-electron chi connectivity index (χ0n) is 61.9. The van der Waals surface area contributed by atoms with Crippen LogP contribution in [0.3, 0.4) is 0 Å². The van der Waals surface area contributed by atoms with Crippen molar-refractivity contribution in [2.75, 3.05) is 27.9 Å². The molecule has 0 aliphatic carbocycles. The van der Waals surface area contributed by atoms with Gasteiger partial charge < -0.3 is 47.9 Å². The lowest BCUT2D eigenvalue weighted by molar-refractivity contribution is -0.163. The lowest BCUT2D eigenvalue weighted by Crippen LogP contribution is -2.45.